The van der Waals surface area contributed by atoms with Crippen LogP contribution < -0.4 is 10.6 Å². The van der Waals surface area contributed by atoms with Crippen LogP contribution in [0, 0.1) is 0 Å². The third-order valence-corrected chi connectivity index (χ3v) is 3.10. The van der Waals surface area contributed by atoms with Gasteiger partial charge >= 0.3 is 12.0 Å². The number of aliphatic carboxylic acids is 1. The van der Waals surface area contributed by atoms with Crippen molar-refractivity contribution in [1.29, 1.82) is 0 Å². The lowest BCUT2D eigenvalue weighted by atomic mass is 10.2. The van der Waals surface area contributed by atoms with Crippen molar-refractivity contribution in [2.45, 2.75) is 31.7 Å². The number of aliphatic hydroxyl groups excluding tert-OH is 1. The summed E-state index contributed by atoms with van der Waals surface area (Å²) in [6.07, 6.45) is 2.17. The normalized spacial score (nSPS) is 15.8. The minimum absolute atomic E-state index is 0.00653. The third-order valence-electron chi connectivity index (χ3n) is 3.10. The molecule has 1 rings (SSSR count). The summed E-state index contributed by atoms with van der Waals surface area (Å²) in [5, 5.41) is 22.1. The molecule has 0 saturated carbocycles. The van der Waals surface area contributed by atoms with E-state index in [2.05, 4.69) is 10.6 Å². The molecule has 3 amide bonds. The van der Waals surface area contributed by atoms with Crippen LogP contribution in [0.3, 0.4) is 0 Å². The van der Waals surface area contributed by atoms with E-state index >= 15 is 0 Å². The second kappa shape index (κ2) is 8.36. The van der Waals surface area contributed by atoms with Crippen molar-refractivity contribution in [2.75, 3.05) is 26.2 Å². The zero-order valence-electron chi connectivity index (χ0n) is 11.3. The summed E-state index contributed by atoms with van der Waals surface area (Å²) in [5.74, 6) is -1.21. The van der Waals surface area contributed by atoms with Gasteiger partial charge in [-0.05, 0) is 12.8 Å². The number of carboxylic acid groups (broad SMARTS) is 1. The number of likely N-dealkylation sites (tertiary alicyclic amines) is 1. The summed E-state index contributed by atoms with van der Waals surface area (Å²) >= 11 is 0. The van der Waals surface area contributed by atoms with Crippen molar-refractivity contribution in [3.05, 3.63) is 0 Å². The number of amides is 3. The van der Waals surface area contributed by atoms with Gasteiger partial charge in [-0.25, -0.2) is 9.59 Å². The molecule has 1 unspecified atom stereocenters. The minimum Gasteiger partial charge on any atom is -0.480 e. The van der Waals surface area contributed by atoms with E-state index in [-0.39, 0.29) is 31.9 Å². The predicted octanol–water partition coefficient (Wildman–Crippen LogP) is -0.866. The van der Waals surface area contributed by atoms with Crippen LogP contribution in [0.2, 0.25) is 0 Å². The fourth-order valence-electron chi connectivity index (χ4n) is 2.00. The van der Waals surface area contributed by atoms with Crippen LogP contribution in [-0.2, 0) is 9.59 Å². The van der Waals surface area contributed by atoms with E-state index in [9.17, 15) is 14.4 Å². The maximum absolute atomic E-state index is 11.7. The number of nitrogens with one attached hydrogen (secondary N) is 2. The predicted molar refractivity (Wildman–Crippen MR) is 70.1 cm³/mol. The maximum atomic E-state index is 11.7. The Hall–Kier alpha value is -1.83. The van der Waals surface area contributed by atoms with Gasteiger partial charge in [0.25, 0.3) is 0 Å². The number of rotatable bonds is 7. The van der Waals surface area contributed by atoms with E-state index < -0.39 is 18.0 Å². The van der Waals surface area contributed by atoms with Gasteiger partial charge in [0.15, 0.2) is 0 Å². The first-order valence-electron chi connectivity index (χ1n) is 6.70. The lowest BCUT2D eigenvalue weighted by Crippen LogP contribution is -2.47. The van der Waals surface area contributed by atoms with Gasteiger partial charge in [0.2, 0.25) is 5.91 Å². The molecule has 0 radical (unpaired) electrons. The first-order chi connectivity index (χ1) is 9.54. The molecule has 20 heavy (non-hydrogen) atoms. The zero-order valence-corrected chi connectivity index (χ0v) is 11.3. The molecule has 114 valence electrons. The van der Waals surface area contributed by atoms with E-state index in [1.54, 1.807) is 4.90 Å². The van der Waals surface area contributed by atoms with Gasteiger partial charge in [-0.1, -0.05) is 0 Å². The average Bonchev–Trinajstić information content (AvgIpc) is 2.91. The van der Waals surface area contributed by atoms with E-state index in [1.165, 1.54) is 0 Å². The highest BCUT2D eigenvalue weighted by molar-refractivity contribution is 5.83. The Kier molecular flexibility index (Phi) is 6.78. The van der Waals surface area contributed by atoms with Gasteiger partial charge in [-0.2, -0.15) is 0 Å². The van der Waals surface area contributed by atoms with Gasteiger partial charge in [0.1, 0.15) is 6.04 Å². The smallest absolute Gasteiger partial charge is 0.326 e. The Balaban J connectivity index is 2.21. The Morgan fingerprint density at radius 2 is 1.85 bits per heavy atom. The molecule has 1 heterocycles. The molecule has 0 spiro atoms. The molecule has 1 atom stereocenters. The zero-order chi connectivity index (χ0) is 15.0. The van der Waals surface area contributed by atoms with Crippen LogP contribution in [0.4, 0.5) is 4.79 Å². The molecular formula is C12H21N3O5. The first kappa shape index (κ1) is 16.2. The summed E-state index contributed by atoms with van der Waals surface area (Å²) in [6.45, 7) is 1.36. The van der Waals surface area contributed by atoms with Crippen molar-refractivity contribution >= 4 is 17.9 Å². The molecule has 0 aromatic rings. The van der Waals surface area contributed by atoms with Crippen molar-refractivity contribution in [3.8, 4) is 0 Å². The first-order valence-corrected chi connectivity index (χ1v) is 6.70. The van der Waals surface area contributed by atoms with Gasteiger partial charge in [-0.15, -0.1) is 0 Å². The van der Waals surface area contributed by atoms with Crippen molar-refractivity contribution in [2.24, 2.45) is 0 Å². The molecule has 4 N–H and O–H groups in total. The molecule has 0 aliphatic carbocycles. The van der Waals surface area contributed by atoms with Gasteiger partial charge in [-0.3, -0.25) is 4.79 Å². The van der Waals surface area contributed by atoms with Gasteiger partial charge in [0.05, 0.1) is 0 Å². The molecule has 0 aromatic carbocycles. The topological polar surface area (TPSA) is 119 Å². The highest BCUT2D eigenvalue weighted by Gasteiger charge is 2.20. The molecule has 1 fully saturated rings. The molecule has 0 aromatic heterocycles. The van der Waals surface area contributed by atoms with Crippen molar-refractivity contribution in [1.82, 2.24) is 15.5 Å². The van der Waals surface area contributed by atoms with Crippen LogP contribution in [0.15, 0.2) is 0 Å². The van der Waals surface area contributed by atoms with Gasteiger partial charge in [0, 0.05) is 39.1 Å². The number of aliphatic hydroxyl groups is 1. The summed E-state index contributed by atoms with van der Waals surface area (Å²) < 4.78 is 0. The Bertz CT molecular complexity index is 355. The lowest BCUT2D eigenvalue weighted by Gasteiger charge is -2.16. The van der Waals surface area contributed by atoms with E-state index in [4.69, 9.17) is 10.2 Å². The summed E-state index contributed by atoms with van der Waals surface area (Å²) in [5.41, 5.74) is 0. The number of carboxylic acids is 1. The third kappa shape index (κ3) is 5.43. The summed E-state index contributed by atoms with van der Waals surface area (Å²) in [6, 6.07) is -1.78. The number of hydrogen-bond donors (Lipinski definition) is 4. The molecular weight excluding hydrogens is 266 g/mol. The van der Waals surface area contributed by atoms with Crippen LogP contribution in [0.1, 0.15) is 25.7 Å². The van der Waals surface area contributed by atoms with Crippen LogP contribution in [-0.4, -0.2) is 65.3 Å². The Morgan fingerprint density at radius 3 is 2.40 bits per heavy atom. The molecule has 8 nitrogen and oxygen atoms in total. The van der Waals surface area contributed by atoms with Crippen LogP contribution in [0.5, 0.6) is 0 Å². The van der Waals surface area contributed by atoms with Gasteiger partial charge < -0.3 is 25.7 Å². The second-order valence-corrected chi connectivity index (χ2v) is 4.64. The monoisotopic (exact) mass is 287 g/mol. The van der Waals surface area contributed by atoms with E-state index in [0.29, 0.717) is 0 Å². The second-order valence-electron chi connectivity index (χ2n) is 4.64. The molecule has 1 aliphatic rings. The average molecular weight is 287 g/mol. The van der Waals surface area contributed by atoms with E-state index in [1.807, 2.05) is 0 Å². The number of urea groups is 1. The Labute approximate surface area is 117 Å². The SMILES string of the molecule is O=C(NCCC(=O)N1CCCC1)NC(CCO)C(=O)O. The fraction of sp³-hybridized carbons (Fsp3) is 0.750. The summed E-state index contributed by atoms with van der Waals surface area (Å²) in [7, 11) is 0. The number of carbonyl (C=O) groups is 3. The van der Waals surface area contributed by atoms with Crippen molar-refractivity contribution < 1.29 is 24.6 Å². The van der Waals surface area contributed by atoms with Crippen LogP contribution in [0.25, 0.3) is 0 Å². The fourth-order valence-corrected chi connectivity index (χ4v) is 2.00. The molecule has 8 heteroatoms. The number of hydrogen-bond acceptors (Lipinski definition) is 4. The standard InChI is InChI=1S/C12H21N3O5/c16-8-4-9(11(18)19)14-12(20)13-5-3-10(17)15-6-1-2-7-15/h9,16H,1-8H2,(H,18,19)(H2,13,14,20). The minimum atomic E-state index is -1.21. The molecule has 0 bridgehead atoms. The Morgan fingerprint density at radius 1 is 1.20 bits per heavy atom. The highest BCUT2D eigenvalue weighted by Crippen LogP contribution is 2.08. The number of carbonyl (C=O) groups excluding carboxylic acids is 2. The highest BCUT2D eigenvalue weighted by atomic mass is 16.4. The summed E-state index contributed by atoms with van der Waals surface area (Å²) in [4.78, 5) is 35.7. The molecule has 1 saturated heterocycles. The lowest BCUT2D eigenvalue weighted by molar-refractivity contribution is -0.139. The van der Waals surface area contributed by atoms with E-state index in [0.717, 1.165) is 25.9 Å². The number of nitrogens with zero attached hydrogens (tertiary/aromatic N) is 1. The van der Waals surface area contributed by atoms with Crippen LogP contribution >= 0.6 is 0 Å². The largest absolute Gasteiger partial charge is 0.480 e. The molecule has 1 aliphatic heterocycles. The maximum Gasteiger partial charge on any atom is 0.326 e. The van der Waals surface area contributed by atoms with Crippen molar-refractivity contribution in [3.63, 3.8) is 0 Å². The quantitative estimate of drug-likeness (QED) is 0.485.